The maximum absolute atomic E-state index is 12.7. The Hall–Kier alpha value is -0.860. The van der Waals surface area contributed by atoms with Crippen molar-refractivity contribution in [2.75, 3.05) is 6.61 Å². The van der Waals surface area contributed by atoms with Crippen molar-refractivity contribution in [1.29, 1.82) is 0 Å². The molecule has 2 atom stereocenters. The lowest BCUT2D eigenvalue weighted by Crippen LogP contribution is -2.43. The lowest BCUT2D eigenvalue weighted by Gasteiger charge is -2.31. The molecule has 0 amide bonds. The number of Topliss-reactive ketones (excluding diaryl/α,β-unsaturated/α-hetero) is 1. The number of hydrogen-bond acceptors (Lipinski definition) is 2. The van der Waals surface area contributed by atoms with E-state index >= 15 is 0 Å². The van der Waals surface area contributed by atoms with E-state index < -0.39 is 42.9 Å². The van der Waals surface area contributed by atoms with E-state index in [2.05, 4.69) is 4.74 Å². The smallest absolute Gasteiger partial charge is 0.371 e. The van der Waals surface area contributed by atoms with Crippen molar-refractivity contribution in [2.45, 2.75) is 50.3 Å². The molecule has 1 saturated carbocycles. The third kappa shape index (κ3) is 4.32. The Morgan fingerprint density at radius 3 is 2.15 bits per heavy atom. The number of alkyl halides is 7. The van der Waals surface area contributed by atoms with Crippen molar-refractivity contribution in [3.8, 4) is 0 Å². The summed E-state index contributed by atoms with van der Waals surface area (Å²) < 4.78 is 90.7. The highest BCUT2D eigenvalue weighted by Crippen LogP contribution is 2.34. The second-order valence-corrected chi connectivity index (χ2v) is 4.66. The summed E-state index contributed by atoms with van der Waals surface area (Å²) in [4.78, 5) is 11.1. The maximum atomic E-state index is 12.7. The lowest BCUT2D eigenvalue weighted by molar-refractivity contribution is -0.197. The molecule has 2 nitrogen and oxygen atoms in total. The van der Waals surface area contributed by atoms with Crippen LogP contribution in [0.3, 0.4) is 0 Å². The molecule has 0 N–H and O–H groups in total. The quantitative estimate of drug-likeness (QED) is 0.725. The van der Waals surface area contributed by atoms with Crippen LogP contribution in [0.1, 0.15) is 25.7 Å². The Morgan fingerprint density at radius 2 is 1.65 bits per heavy atom. The van der Waals surface area contributed by atoms with E-state index in [0.29, 0.717) is 12.8 Å². The molecule has 0 aliphatic heterocycles. The van der Waals surface area contributed by atoms with E-state index in [1.54, 1.807) is 0 Å². The van der Waals surface area contributed by atoms with Gasteiger partial charge >= 0.3 is 18.5 Å². The molecule has 0 aromatic carbocycles. The number of carbonyl (C=O) groups is 1. The highest BCUT2D eigenvalue weighted by Gasteiger charge is 2.48. The third-order valence-electron chi connectivity index (χ3n) is 3.13. The van der Waals surface area contributed by atoms with E-state index in [1.807, 2.05) is 0 Å². The molecule has 20 heavy (non-hydrogen) atoms. The fraction of sp³-hybridized carbons (Fsp3) is 0.909. The van der Waals surface area contributed by atoms with E-state index in [0.717, 1.165) is 0 Å². The molecule has 0 radical (unpaired) electrons. The normalized spacial score (nSPS) is 25.0. The van der Waals surface area contributed by atoms with Crippen molar-refractivity contribution < 1.29 is 40.3 Å². The number of ether oxygens (including phenoxy) is 1. The molecule has 0 aromatic heterocycles. The predicted molar refractivity (Wildman–Crippen MR) is 53.7 cm³/mol. The minimum absolute atomic E-state index is 0.0359. The summed E-state index contributed by atoms with van der Waals surface area (Å²) in [6.45, 7) is -1.70. The van der Waals surface area contributed by atoms with Crippen LogP contribution in [0.25, 0.3) is 0 Å². The van der Waals surface area contributed by atoms with Gasteiger partial charge in [0.25, 0.3) is 0 Å². The Kier molecular flexibility index (Phi) is 5.39. The maximum Gasteiger partial charge on any atom is 0.450 e. The van der Waals surface area contributed by atoms with Crippen molar-refractivity contribution in [2.24, 2.45) is 5.92 Å². The summed E-state index contributed by atoms with van der Waals surface area (Å²) >= 11 is 0. The average molecular weight is 310 g/mol. The standard InChI is InChI=1S/C11H13F7O2/c12-9(13)10(14,15)5-20-7-4-2-1-3-6(7)8(19)11(16,17)18/h6-7,9H,1-5H2. The van der Waals surface area contributed by atoms with Crippen molar-refractivity contribution in [1.82, 2.24) is 0 Å². The Morgan fingerprint density at radius 1 is 1.10 bits per heavy atom. The van der Waals surface area contributed by atoms with Gasteiger partial charge in [-0.2, -0.15) is 22.0 Å². The molecule has 1 rings (SSSR count). The molecule has 2 unspecified atom stereocenters. The molecular weight excluding hydrogens is 297 g/mol. The van der Waals surface area contributed by atoms with Crippen LogP contribution >= 0.6 is 0 Å². The fourth-order valence-corrected chi connectivity index (χ4v) is 2.09. The van der Waals surface area contributed by atoms with E-state index in [9.17, 15) is 35.5 Å². The minimum Gasteiger partial charge on any atom is -0.371 e. The van der Waals surface area contributed by atoms with Gasteiger partial charge in [-0.15, -0.1) is 0 Å². The molecule has 0 aromatic rings. The number of rotatable bonds is 5. The summed E-state index contributed by atoms with van der Waals surface area (Å²) in [5.74, 6) is -8.09. The lowest BCUT2D eigenvalue weighted by atomic mass is 9.83. The Labute approximate surface area is 110 Å². The number of carbonyl (C=O) groups excluding carboxylic acids is 1. The monoisotopic (exact) mass is 310 g/mol. The topological polar surface area (TPSA) is 26.3 Å². The highest BCUT2D eigenvalue weighted by molar-refractivity contribution is 5.86. The summed E-state index contributed by atoms with van der Waals surface area (Å²) in [6.07, 6.45) is -9.92. The van der Waals surface area contributed by atoms with Gasteiger partial charge in [-0.05, 0) is 12.8 Å². The van der Waals surface area contributed by atoms with Gasteiger partial charge in [-0.3, -0.25) is 4.79 Å². The molecule has 0 heterocycles. The fourth-order valence-electron chi connectivity index (χ4n) is 2.09. The average Bonchev–Trinajstić information content (AvgIpc) is 2.34. The van der Waals surface area contributed by atoms with Gasteiger partial charge in [0.15, 0.2) is 0 Å². The molecule has 1 aliphatic carbocycles. The first-order chi connectivity index (χ1) is 9.05. The second kappa shape index (κ2) is 6.28. The Bertz CT molecular complexity index is 340. The highest BCUT2D eigenvalue weighted by atomic mass is 19.4. The van der Waals surface area contributed by atoms with Crippen LogP contribution < -0.4 is 0 Å². The Balaban J connectivity index is 2.68. The zero-order chi connectivity index (χ0) is 15.6. The molecule has 1 fully saturated rings. The second-order valence-electron chi connectivity index (χ2n) is 4.66. The SMILES string of the molecule is O=C(C1CCCCC1OCC(F)(F)C(F)F)C(F)(F)F. The van der Waals surface area contributed by atoms with E-state index in [-0.39, 0.29) is 12.8 Å². The van der Waals surface area contributed by atoms with Gasteiger partial charge in [0.05, 0.1) is 12.0 Å². The van der Waals surface area contributed by atoms with Crippen LogP contribution in [0, 0.1) is 5.92 Å². The molecule has 9 heteroatoms. The molecule has 118 valence electrons. The minimum atomic E-state index is -5.09. The molecule has 0 bridgehead atoms. The van der Waals surface area contributed by atoms with Crippen molar-refractivity contribution in [3.63, 3.8) is 0 Å². The first-order valence-corrected chi connectivity index (χ1v) is 5.94. The van der Waals surface area contributed by atoms with Crippen LogP contribution in [0.4, 0.5) is 30.7 Å². The zero-order valence-corrected chi connectivity index (χ0v) is 10.2. The van der Waals surface area contributed by atoms with E-state index in [1.165, 1.54) is 0 Å². The number of halogens is 7. The summed E-state index contributed by atoms with van der Waals surface area (Å²) in [5.41, 5.74) is 0. The van der Waals surface area contributed by atoms with Gasteiger partial charge in [-0.25, -0.2) is 8.78 Å². The third-order valence-corrected chi connectivity index (χ3v) is 3.13. The molecular formula is C11H13F7O2. The number of hydrogen-bond donors (Lipinski definition) is 0. The van der Waals surface area contributed by atoms with Crippen molar-refractivity contribution >= 4 is 5.78 Å². The first kappa shape index (κ1) is 17.2. The van der Waals surface area contributed by atoms with Crippen LogP contribution in [0.5, 0.6) is 0 Å². The largest absolute Gasteiger partial charge is 0.450 e. The van der Waals surface area contributed by atoms with Gasteiger partial charge in [-0.1, -0.05) is 12.8 Å². The summed E-state index contributed by atoms with van der Waals surface area (Å²) in [7, 11) is 0. The predicted octanol–water partition coefficient (Wildman–Crippen LogP) is 3.59. The number of ketones is 1. The summed E-state index contributed by atoms with van der Waals surface area (Å²) in [6, 6.07) is 0. The van der Waals surface area contributed by atoms with Gasteiger partial charge in [0.1, 0.15) is 6.61 Å². The van der Waals surface area contributed by atoms with Crippen molar-refractivity contribution in [3.05, 3.63) is 0 Å². The zero-order valence-electron chi connectivity index (χ0n) is 10.2. The van der Waals surface area contributed by atoms with Gasteiger partial charge < -0.3 is 4.74 Å². The van der Waals surface area contributed by atoms with Crippen LogP contribution in [0.2, 0.25) is 0 Å². The van der Waals surface area contributed by atoms with Crippen LogP contribution in [-0.2, 0) is 9.53 Å². The van der Waals surface area contributed by atoms with Gasteiger partial charge in [0.2, 0.25) is 5.78 Å². The molecule has 0 spiro atoms. The van der Waals surface area contributed by atoms with Gasteiger partial charge in [0, 0.05) is 0 Å². The van der Waals surface area contributed by atoms with Crippen LogP contribution in [0.15, 0.2) is 0 Å². The van der Waals surface area contributed by atoms with Crippen LogP contribution in [-0.4, -0.2) is 37.0 Å². The van der Waals surface area contributed by atoms with E-state index in [4.69, 9.17) is 0 Å². The first-order valence-electron chi connectivity index (χ1n) is 5.94. The molecule has 1 aliphatic rings. The summed E-state index contributed by atoms with van der Waals surface area (Å²) in [5, 5.41) is 0. The molecule has 0 saturated heterocycles.